The first-order chi connectivity index (χ1) is 14.1. The van der Waals surface area contributed by atoms with Crippen molar-refractivity contribution in [2.24, 2.45) is 0 Å². The smallest absolute Gasteiger partial charge is 0.383 e. The van der Waals surface area contributed by atoms with Gasteiger partial charge in [0.15, 0.2) is 9.84 Å². The third-order valence-electron chi connectivity index (χ3n) is 4.83. The Morgan fingerprint density at radius 1 is 1.37 bits per heavy atom. The summed E-state index contributed by atoms with van der Waals surface area (Å²) in [5, 5.41) is 2.02. The monoisotopic (exact) mass is 462 g/mol. The number of halogens is 3. The van der Waals surface area contributed by atoms with Crippen LogP contribution in [0.15, 0.2) is 29.6 Å². The summed E-state index contributed by atoms with van der Waals surface area (Å²) < 4.78 is 67.4. The quantitative estimate of drug-likeness (QED) is 0.632. The van der Waals surface area contributed by atoms with Crippen LogP contribution in [0.25, 0.3) is 10.6 Å². The second-order valence-corrected chi connectivity index (χ2v) is 10.1. The fourth-order valence-electron chi connectivity index (χ4n) is 3.33. The van der Waals surface area contributed by atoms with E-state index in [9.17, 15) is 26.4 Å². The Hall–Kier alpha value is -1.98. The van der Waals surface area contributed by atoms with Crippen LogP contribution in [0.5, 0.6) is 0 Å². The molecule has 1 atom stereocenters. The summed E-state index contributed by atoms with van der Waals surface area (Å²) in [6, 6.07) is 4.47. The molecule has 0 radical (unpaired) electrons. The predicted octanol–water partition coefficient (Wildman–Crippen LogP) is 3.03. The molecule has 11 heteroatoms. The summed E-state index contributed by atoms with van der Waals surface area (Å²) in [6.45, 7) is 0.537. The second kappa shape index (κ2) is 9.03. The zero-order valence-electron chi connectivity index (χ0n) is 16.2. The molecule has 30 heavy (non-hydrogen) atoms. The van der Waals surface area contributed by atoms with Crippen molar-refractivity contribution >= 4 is 27.1 Å². The zero-order valence-corrected chi connectivity index (χ0v) is 17.8. The number of ether oxygens (including phenoxy) is 1. The Bertz CT molecular complexity index is 1010. The summed E-state index contributed by atoms with van der Waals surface area (Å²) in [4.78, 5) is 18.7. The lowest BCUT2D eigenvalue weighted by atomic mass is 10.1. The molecule has 1 fully saturated rings. The van der Waals surface area contributed by atoms with E-state index in [1.807, 2.05) is 0 Å². The van der Waals surface area contributed by atoms with Crippen LogP contribution >= 0.6 is 11.3 Å². The maximum absolute atomic E-state index is 12.9. The minimum Gasteiger partial charge on any atom is -0.383 e. The first-order valence-electron chi connectivity index (χ1n) is 9.20. The molecule has 2 aromatic rings. The van der Waals surface area contributed by atoms with Crippen LogP contribution in [-0.2, 0) is 32.0 Å². The van der Waals surface area contributed by atoms with E-state index in [0.717, 1.165) is 23.5 Å². The zero-order chi connectivity index (χ0) is 21.9. The topological polar surface area (TPSA) is 76.6 Å². The van der Waals surface area contributed by atoms with Gasteiger partial charge in [-0.1, -0.05) is 12.1 Å². The minimum atomic E-state index is -4.45. The fourth-order valence-corrected chi connectivity index (χ4v) is 5.87. The van der Waals surface area contributed by atoms with E-state index in [-0.39, 0.29) is 37.0 Å². The Morgan fingerprint density at radius 3 is 2.77 bits per heavy atom. The molecule has 1 aromatic heterocycles. The number of carbonyl (C=O) groups excluding carboxylic acids is 1. The van der Waals surface area contributed by atoms with Gasteiger partial charge in [0.1, 0.15) is 5.01 Å². The maximum Gasteiger partial charge on any atom is 0.416 e. The van der Waals surface area contributed by atoms with Gasteiger partial charge in [-0.05, 0) is 18.6 Å². The van der Waals surface area contributed by atoms with E-state index < -0.39 is 27.6 Å². The van der Waals surface area contributed by atoms with Crippen LogP contribution in [0.3, 0.4) is 0 Å². The van der Waals surface area contributed by atoms with Gasteiger partial charge < -0.3 is 9.64 Å². The number of aromatic nitrogens is 1. The summed E-state index contributed by atoms with van der Waals surface area (Å²) in [7, 11) is -1.66. The number of carbonyl (C=O) groups is 1. The Labute approximate surface area is 176 Å². The van der Waals surface area contributed by atoms with Crippen molar-refractivity contribution < 1.29 is 31.1 Å². The summed E-state index contributed by atoms with van der Waals surface area (Å²) >= 11 is 1.16. The van der Waals surface area contributed by atoms with Gasteiger partial charge >= 0.3 is 6.18 Å². The molecule has 1 aliphatic rings. The van der Waals surface area contributed by atoms with E-state index in [0.29, 0.717) is 22.7 Å². The predicted molar refractivity (Wildman–Crippen MR) is 107 cm³/mol. The number of amides is 1. The van der Waals surface area contributed by atoms with Crippen LogP contribution in [-0.4, -0.2) is 62.0 Å². The number of benzene rings is 1. The van der Waals surface area contributed by atoms with Gasteiger partial charge in [-0.3, -0.25) is 4.79 Å². The molecule has 0 saturated carbocycles. The standard InChI is InChI=1S/C19H21F3N2O4S2/c1-28-7-6-24(16-5-8-30(26,27)12-16)17(25)10-15-11-29-18(23-15)13-3-2-4-14(9-13)19(20,21)22/h2-4,9,11,16H,5-8,10,12H2,1H3. The third-order valence-corrected chi connectivity index (χ3v) is 7.52. The number of hydrogen-bond acceptors (Lipinski definition) is 6. The highest BCUT2D eigenvalue weighted by molar-refractivity contribution is 7.91. The maximum atomic E-state index is 12.9. The molecule has 0 bridgehead atoms. The average molecular weight is 463 g/mol. The van der Waals surface area contributed by atoms with Crippen molar-refractivity contribution in [3.8, 4) is 10.6 Å². The molecule has 1 saturated heterocycles. The van der Waals surface area contributed by atoms with Crippen molar-refractivity contribution in [2.75, 3.05) is 31.8 Å². The lowest BCUT2D eigenvalue weighted by molar-refractivity contribution is -0.137. The van der Waals surface area contributed by atoms with Crippen LogP contribution < -0.4 is 0 Å². The number of alkyl halides is 3. The van der Waals surface area contributed by atoms with Gasteiger partial charge in [0.25, 0.3) is 0 Å². The third kappa shape index (κ3) is 5.58. The van der Waals surface area contributed by atoms with Gasteiger partial charge in [0, 0.05) is 30.6 Å². The molecular formula is C19H21F3N2O4S2. The molecule has 1 aliphatic heterocycles. The number of hydrogen-bond donors (Lipinski definition) is 0. The minimum absolute atomic E-state index is 0.0465. The number of methoxy groups -OCH3 is 1. The van der Waals surface area contributed by atoms with Gasteiger partial charge in [-0.25, -0.2) is 13.4 Å². The van der Waals surface area contributed by atoms with Gasteiger partial charge in [-0.15, -0.1) is 11.3 Å². The number of sulfone groups is 1. The molecule has 0 aliphatic carbocycles. The number of nitrogens with zero attached hydrogens (tertiary/aromatic N) is 2. The molecule has 0 N–H and O–H groups in total. The molecule has 2 heterocycles. The van der Waals surface area contributed by atoms with Crippen LogP contribution in [0, 0.1) is 0 Å². The Balaban J connectivity index is 1.74. The van der Waals surface area contributed by atoms with Gasteiger partial charge in [0.05, 0.1) is 35.8 Å². The lowest BCUT2D eigenvalue weighted by Crippen LogP contribution is -2.43. The summed E-state index contributed by atoms with van der Waals surface area (Å²) in [5.41, 5.74) is -0.00616. The normalized spacial score (nSPS) is 18.5. The van der Waals surface area contributed by atoms with Gasteiger partial charge in [0.2, 0.25) is 5.91 Å². The van der Waals surface area contributed by atoms with E-state index in [1.54, 1.807) is 5.38 Å². The fraction of sp³-hybridized carbons (Fsp3) is 0.474. The Morgan fingerprint density at radius 2 is 2.13 bits per heavy atom. The van der Waals surface area contributed by atoms with E-state index in [4.69, 9.17) is 4.74 Å². The van der Waals surface area contributed by atoms with Crippen molar-refractivity contribution in [1.29, 1.82) is 0 Å². The molecule has 3 rings (SSSR count). The van der Waals surface area contributed by atoms with Crippen molar-refractivity contribution in [1.82, 2.24) is 9.88 Å². The molecule has 164 valence electrons. The lowest BCUT2D eigenvalue weighted by Gasteiger charge is -2.27. The Kier molecular flexibility index (Phi) is 6.83. The molecule has 1 amide bonds. The van der Waals surface area contributed by atoms with Crippen molar-refractivity contribution in [3.05, 3.63) is 40.9 Å². The molecule has 6 nitrogen and oxygen atoms in total. The molecule has 1 unspecified atom stereocenters. The average Bonchev–Trinajstić information content (AvgIpc) is 3.28. The summed E-state index contributed by atoms with van der Waals surface area (Å²) in [5.74, 6) is -0.310. The van der Waals surface area contributed by atoms with Crippen molar-refractivity contribution in [3.63, 3.8) is 0 Å². The first kappa shape index (κ1) is 22.7. The van der Waals surface area contributed by atoms with Crippen LogP contribution in [0.2, 0.25) is 0 Å². The van der Waals surface area contributed by atoms with E-state index in [2.05, 4.69) is 4.98 Å². The largest absolute Gasteiger partial charge is 0.416 e. The number of rotatable bonds is 7. The highest BCUT2D eigenvalue weighted by Crippen LogP contribution is 2.33. The van der Waals surface area contributed by atoms with Gasteiger partial charge in [-0.2, -0.15) is 13.2 Å². The van der Waals surface area contributed by atoms with E-state index >= 15 is 0 Å². The van der Waals surface area contributed by atoms with E-state index in [1.165, 1.54) is 24.1 Å². The molecule has 0 spiro atoms. The number of thiazole rings is 1. The SMILES string of the molecule is COCCN(C(=O)Cc1csc(-c2cccc(C(F)(F)F)c2)n1)C1CCS(=O)(=O)C1. The van der Waals surface area contributed by atoms with Crippen molar-refractivity contribution in [2.45, 2.75) is 25.1 Å². The second-order valence-electron chi connectivity index (χ2n) is 7.04. The molecular weight excluding hydrogens is 441 g/mol. The van der Waals surface area contributed by atoms with Crippen LogP contribution in [0.4, 0.5) is 13.2 Å². The summed E-state index contributed by atoms with van der Waals surface area (Å²) in [6.07, 6.45) is -4.13. The highest BCUT2D eigenvalue weighted by Gasteiger charge is 2.34. The van der Waals surface area contributed by atoms with Crippen LogP contribution in [0.1, 0.15) is 17.7 Å². The molecule has 1 aromatic carbocycles. The highest BCUT2D eigenvalue weighted by atomic mass is 32.2. The first-order valence-corrected chi connectivity index (χ1v) is 11.9.